The van der Waals surface area contributed by atoms with E-state index < -0.39 is 10.0 Å². The molecule has 2 N–H and O–H groups in total. The average molecular weight is 310 g/mol. The van der Waals surface area contributed by atoms with Crippen LogP contribution in [0.2, 0.25) is 0 Å². The smallest absolute Gasteiger partial charge is 0.258 e. The third kappa shape index (κ3) is 4.62. The largest absolute Gasteiger partial charge is 0.364 e. The second kappa shape index (κ2) is 6.79. The van der Waals surface area contributed by atoms with E-state index in [0.29, 0.717) is 18.3 Å². The summed E-state index contributed by atoms with van der Waals surface area (Å²) in [6.07, 6.45) is 2.94. The SMILES string of the molecule is CC(C)NCc1ccc(S(=O)(=O)NCc2ccon2)nc1. The number of pyridine rings is 1. The van der Waals surface area contributed by atoms with Gasteiger partial charge in [0, 0.05) is 24.8 Å². The summed E-state index contributed by atoms with van der Waals surface area (Å²) in [5, 5.41) is 6.86. The van der Waals surface area contributed by atoms with Gasteiger partial charge in [-0.2, -0.15) is 0 Å². The number of nitrogens with one attached hydrogen (secondary N) is 2. The summed E-state index contributed by atoms with van der Waals surface area (Å²) < 4.78 is 31.2. The highest BCUT2D eigenvalue weighted by molar-refractivity contribution is 7.89. The molecule has 0 saturated carbocycles. The molecule has 2 heterocycles. The van der Waals surface area contributed by atoms with Crippen molar-refractivity contribution in [2.24, 2.45) is 0 Å². The molecular formula is C13H18N4O3S. The fraction of sp³-hybridized carbons (Fsp3) is 0.385. The molecule has 0 aliphatic carbocycles. The van der Waals surface area contributed by atoms with Crippen LogP contribution in [0.5, 0.6) is 0 Å². The van der Waals surface area contributed by atoms with Gasteiger partial charge < -0.3 is 9.84 Å². The molecule has 0 aliphatic heterocycles. The molecule has 7 nitrogen and oxygen atoms in total. The van der Waals surface area contributed by atoms with Crippen LogP contribution in [0.4, 0.5) is 0 Å². The van der Waals surface area contributed by atoms with Gasteiger partial charge in [0.15, 0.2) is 5.03 Å². The molecule has 0 amide bonds. The van der Waals surface area contributed by atoms with Gasteiger partial charge in [-0.1, -0.05) is 25.1 Å². The molecule has 0 radical (unpaired) electrons. The Balaban J connectivity index is 1.99. The molecule has 0 unspecified atom stereocenters. The molecule has 0 saturated heterocycles. The minimum Gasteiger partial charge on any atom is -0.364 e. The van der Waals surface area contributed by atoms with Gasteiger partial charge in [-0.3, -0.25) is 0 Å². The molecule has 2 rings (SSSR count). The minimum absolute atomic E-state index is 0.0145. The van der Waals surface area contributed by atoms with Crippen LogP contribution in [0.15, 0.2) is 40.2 Å². The second-order valence-electron chi connectivity index (χ2n) is 4.86. The van der Waals surface area contributed by atoms with Gasteiger partial charge in [-0.05, 0) is 11.6 Å². The number of aromatic nitrogens is 2. The van der Waals surface area contributed by atoms with Crippen molar-refractivity contribution in [2.45, 2.75) is 38.0 Å². The van der Waals surface area contributed by atoms with Crippen molar-refractivity contribution in [3.05, 3.63) is 41.9 Å². The van der Waals surface area contributed by atoms with Crippen molar-refractivity contribution >= 4 is 10.0 Å². The number of hydrogen-bond acceptors (Lipinski definition) is 6. The van der Waals surface area contributed by atoms with E-state index in [0.717, 1.165) is 5.56 Å². The molecule has 0 aromatic carbocycles. The van der Waals surface area contributed by atoms with Crippen molar-refractivity contribution in [2.75, 3.05) is 0 Å². The summed E-state index contributed by atoms with van der Waals surface area (Å²) in [4.78, 5) is 3.99. The van der Waals surface area contributed by atoms with Crippen LogP contribution < -0.4 is 10.0 Å². The monoisotopic (exact) mass is 310 g/mol. The van der Waals surface area contributed by atoms with E-state index in [1.165, 1.54) is 12.3 Å². The molecule has 0 atom stereocenters. The van der Waals surface area contributed by atoms with Crippen LogP contribution in [0.3, 0.4) is 0 Å². The Morgan fingerprint density at radius 3 is 2.62 bits per heavy atom. The standard InChI is InChI=1S/C13H18N4O3S/c1-10(2)14-7-11-3-4-13(15-8-11)21(18,19)16-9-12-5-6-20-17-12/h3-6,8,10,14,16H,7,9H2,1-2H3. The Bertz CT molecular complexity index is 651. The lowest BCUT2D eigenvalue weighted by Gasteiger charge is -2.08. The fourth-order valence-electron chi connectivity index (χ4n) is 1.57. The molecule has 2 aromatic rings. The normalized spacial score (nSPS) is 12.0. The summed E-state index contributed by atoms with van der Waals surface area (Å²) in [6, 6.07) is 5.18. The molecule has 8 heteroatoms. The Morgan fingerprint density at radius 1 is 1.24 bits per heavy atom. The molecule has 114 valence electrons. The molecule has 0 spiro atoms. The van der Waals surface area contributed by atoms with E-state index in [2.05, 4.69) is 24.7 Å². The van der Waals surface area contributed by atoms with Crippen molar-refractivity contribution in [3.8, 4) is 0 Å². The first-order valence-corrected chi connectivity index (χ1v) is 8.03. The zero-order valence-electron chi connectivity index (χ0n) is 11.9. The van der Waals surface area contributed by atoms with Crippen LogP contribution in [0.1, 0.15) is 25.1 Å². The maximum Gasteiger partial charge on any atom is 0.258 e. The summed E-state index contributed by atoms with van der Waals surface area (Å²) in [5.74, 6) is 0. The maximum atomic E-state index is 12.1. The Morgan fingerprint density at radius 2 is 2.05 bits per heavy atom. The lowest BCUT2D eigenvalue weighted by Crippen LogP contribution is -2.25. The van der Waals surface area contributed by atoms with E-state index in [4.69, 9.17) is 0 Å². The topological polar surface area (TPSA) is 97.1 Å². The number of rotatable bonds is 7. The highest BCUT2D eigenvalue weighted by Gasteiger charge is 2.15. The van der Waals surface area contributed by atoms with Gasteiger partial charge in [0.05, 0.1) is 12.2 Å². The Labute approximate surface area is 123 Å². The van der Waals surface area contributed by atoms with Crippen molar-refractivity contribution in [3.63, 3.8) is 0 Å². The highest BCUT2D eigenvalue weighted by atomic mass is 32.2. The van der Waals surface area contributed by atoms with E-state index in [-0.39, 0.29) is 11.6 Å². The van der Waals surface area contributed by atoms with Gasteiger partial charge in [0.2, 0.25) is 0 Å². The summed E-state index contributed by atoms with van der Waals surface area (Å²) in [6.45, 7) is 4.80. The van der Waals surface area contributed by atoms with Gasteiger partial charge in [-0.15, -0.1) is 0 Å². The summed E-state index contributed by atoms with van der Waals surface area (Å²) >= 11 is 0. The van der Waals surface area contributed by atoms with Gasteiger partial charge in [0.25, 0.3) is 10.0 Å². The predicted octanol–water partition coefficient (Wildman–Crippen LogP) is 1.05. The zero-order valence-corrected chi connectivity index (χ0v) is 12.7. The molecular weight excluding hydrogens is 292 g/mol. The summed E-state index contributed by atoms with van der Waals surface area (Å²) in [5.41, 5.74) is 1.44. The quantitative estimate of drug-likeness (QED) is 0.793. The van der Waals surface area contributed by atoms with Gasteiger partial charge in [0.1, 0.15) is 6.26 Å². The van der Waals surface area contributed by atoms with E-state index in [1.807, 2.05) is 13.8 Å². The average Bonchev–Trinajstić information content (AvgIpc) is 2.97. The van der Waals surface area contributed by atoms with Crippen LogP contribution >= 0.6 is 0 Å². The summed E-state index contributed by atoms with van der Waals surface area (Å²) in [7, 11) is -3.65. The van der Waals surface area contributed by atoms with Crippen LogP contribution in [-0.4, -0.2) is 24.6 Å². The van der Waals surface area contributed by atoms with E-state index in [9.17, 15) is 8.42 Å². The number of hydrogen-bond donors (Lipinski definition) is 2. The van der Waals surface area contributed by atoms with Crippen molar-refractivity contribution < 1.29 is 12.9 Å². The lowest BCUT2D eigenvalue weighted by atomic mass is 10.2. The first-order chi connectivity index (χ1) is 9.97. The van der Waals surface area contributed by atoms with Gasteiger partial charge >= 0.3 is 0 Å². The fourth-order valence-corrected chi connectivity index (χ4v) is 2.49. The predicted molar refractivity (Wildman–Crippen MR) is 76.7 cm³/mol. The number of nitrogens with zero attached hydrogens (tertiary/aromatic N) is 2. The molecule has 0 aliphatic rings. The molecule has 0 bridgehead atoms. The third-order valence-electron chi connectivity index (χ3n) is 2.72. The van der Waals surface area contributed by atoms with Crippen LogP contribution in [0.25, 0.3) is 0 Å². The van der Waals surface area contributed by atoms with Crippen molar-refractivity contribution in [1.82, 2.24) is 20.2 Å². The second-order valence-corrected chi connectivity index (χ2v) is 6.57. The third-order valence-corrected chi connectivity index (χ3v) is 4.04. The molecule has 0 fully saturated rings. The lowest BCUT2D eigenvalue weighted by molar-refractivity contribution is 0.411. The minimum atomic E-state index is -3.65. The van der Waals surface area contributed by atoms with Crippen molar-refractivity contribution in [1.29, 1.82) is 0 Å². The molecule has 21 heavy (non-hydrogen) atoms. The maximum absolute atomic E-state index is 12.1. The first-order valence-electron chi connectivity index (χ1n) is 6.54. The Hall–Kier alpha value is -1.77. The zero-order chi connectivity index (χ0) is 15.3. The molecule has 2 aromatic heterocycles. The van der Waals surface area contributed by atoms with Crippen LogP contribution in [-0.2, 0) is 23.1 Å². The highest BCUT2D eigenvalue weighted by Crippen LogP contribution is 2.07. The first kappa shape index (κ1) is 15.6. The number of sulfonamides is 1. The van der Waals surface area contributed by atoms with E-state index >= 15 is 0 Å². The Kier molecular flexibility index (Phi) is 5.05. The van der Waals surface area contributed by atoms with E-state index in [1.54, 1.807) is 18.3 Å². The van der Waals surface area contributed by atoms with Gasteiger partial charge in [-0.25, -0.2) is 18.1 Å². The van der Waals surface area contributed by atoms with Crippen LogP contribution in [0, 0.1) is 0 Å².